The Kier molecular flexibility index (Phi) is 5.41. The number of carbonyl (C=O) groups is 1. The van der Waals surface area contributed by atoms with Crippen molar-refractivity contribution in [2.45, 2.75) is 32.5 Å². The van der Waals surface area contributed by atoms with Crippen molar-refractivity contribution in [3.8, 4) is 11.5 Å². The summed E-state index contributed by atoms with van der Waals surface area (Å²) >= 11 is 3.63. The minimum absolute atomic E-state index is 0.0281. The zero-order valence-electron chi connectivity index (χ0n) is 15.4. The summed E-state index contributed by atoms with van der Waals surface area (Å²) in [5.41, 5.74) is 2.45. The Morgan fingerprint density at radius 2 is 1.85 bits per heavy atom. The summed E-state index contributed by atoms with van der Waals surface area (Å²) in [7, 11) is 3.21. The first kappa shape index (κ1) is 18.6. The van der Waals surface area contributed by atoms with Crippen molar-refractivity contribution in [1.29, 1.82) is 0 Å². The molecular weight excluding hydrogens is 396 g/mol. The number of benzene rings is 2. The first-order valence-electron chi connectivity index (χ1n) is 8.61. The maximum atomic E-state index is 13.2. The van der Waals surface area contributed by atoms with Gasteiger partial charge in [-0.15, -0.1) is 0 Å². The highest BCUT2D eigenvalue weighted by Crippen LogP contribution is 2.41. The van der Waals surface area contributed by atoms with E-state index in [9.17, 15) is 4.79 Å². The first-order chi connectivity index (χ1) is 12.5. The smallest absolute Gasteiger partial charge is 0.258 e. The average molecular weight is 419 g/mol. The molecule has 0 saturated heterocycles. The molecule has 1 aliphatic rings. The highest BCUT2D eigenvalue weighted by molar-refractivity contribution is 9.10. The van der Waals surface area contributed by atoms with Crippen LogP contribution < -0.4 is 14.8 Å². The molecule has 5 nitrogen and oxygen atoms in total. The van der Waals surface area contributed by atoms with E-state index < -0.39 is 0 Å². The van der Waals surface area contributed by atoms with Crippen molar-refractivity contribution in [2.75, 3.05) is 19.5 Å². The molecule has 0 aliphatic carbocycles. The van der Waals surface area contributed by atoms with E-state index >= 15 is 0 Å². The molecule has 0 bridgehead atoms. The lowest BCUT2D eigenvalue weighted by atomic mass is 10.0. The van der Waals surface area contributed by atoms with Gasteiger partial charge in [0.1, 0.15) is 6.17 Å². The second kappa shape index (κ2) is 7.58. The van der Waals surface area contributed by atoms with Crippen LogP contribution in [0, 0.1) is 0 Å². The quantitative estimate of drug-likeness (QED) is 0.754. The number of fused-ring (bicyclic) bond motifs is 1. The molecular formula is C20H23BrN2O3. The van der Waals surface area contributed by atoms with Gasteiger partial charge in [-0.05, 0) is 37.6 Å². The Morgan fingerprint density at radius 3 is 2.50 bits per heavy atom. The molecule has 0 fully saturated rings. The Morgan fingerprint density at radius 1 is 1.19 bits per heavy atom. The molecule has 0 saturated carbocycles. The zero-order chi connectivity index (χ0) is 18.8. The van der Waals surface area contributed by atoms with Crippen LogP contribution in [0.1, 0.15) is 42.4 Å². The van der Waals surface area contributed by atoms with E-state index in [0.717, 1.165) is 22.1 Å². The number of ether oxygens (including phenoxy) is 2. The summed E-state index contributed by atoms with van der Waals surface area (Å²) in [5, 5.41) is 3.52. The van der Waals surface area contributed by atoms with E-state index in [1.54, 1.807) is 14.2 Å². The standard InChI is InChI=1S/C20H23BrN2O3/c1-5-12(2)23-19(22-16-9-7-6-8-13(16)20(23)24)14-10-17(25-3)18(26-4)11-15(14)21/h6-12,19,22H,5H2,1-4H3/t12-,19-/m1/s1. The lowest BCUT2D eigenvalue weighted by Crippen LogP contribution is -2.47. The fourth-order valence-corrected chi connectivity index (χ4v) is 3.77. The Hall–Kier alpha value is -2.21. The zero-order valence-corrected chi connectivity index (χ0v) is 17.0. The van der Waals surface area contributed by atoms with Gasteiger partial charge >= 0.3 is 0 Å². The van der Waals surface area contributed by atoms with Crippen LogP contribution in [0.2, 0.25) is 0 Å². The molecule has 26 heavy (non-hydrogen) atoms. The minimum atomic E-state index is -0.304. The van der Waals surface area contributed by atoms with Crippen molar-refractivity contribution in [1.82, 2.24) is 4.90 Å². The number of amides is 1. The van der Waals surface area contributed by atoms with Crippen molar-refractivity contribution in [2.24, 2.45) is 0 Å². The Labute approximate surface area is 162 Å². The van der Waals surface area contributed by atoms with Crippen LogP contribution in [0.25, 0.3) is 0 Å². The van der Waals surface area contributed by atoms with Gasteiger partial charge in [-0.1, -0.05) is 35.0 Å². The predicted octanol–water partition coefficient (Wildman–Crippen LogP) is 4.83. The van der Waals surface area contributed by atoms with Crippen LogP contribution in [-0.4, -0.2) is 31.1 Å². The summed E-state index contributed by atoms with van der Waals surface area (Å²) in [5.74, 6) is 1.30. The van der Waals surface area contributed by atoms with Gasteiger partial charge in [0.15, 0.2) is 11.5 Å². The van der Waals surface area contributed by atoms with Crippen molar-refractivity contribution >= 4 is 27.5 Å². The second-order valence-corrected chi connectivity index (χ2v) is 7.15. The van der Waals surface area contributed by atoms with E-state index in [1.165, 1.54) is 0 Å². The number of nitrogens with zero attached hydrogens (tertiary/aromatic N) is 1. The minimum Gasteiger partial charge on any atom is -0.493 e. The summed E-state index contributed by atoms with van der Waals surface area (Å²) in [4.78, 5) is 15.1. The molecule has 1 heterocycles. The van der Waals surface area contributed by atoms with Crippen LogP contribution in [0.3, 0.4) is 0 Å². The van der Waals surface area contributed by atoms with E-state index in [4.69, 9.17) is 9.47 Å². The van der Waals surface area contributed by atoms with Gasteiger partial charge in [-0.25, -0.2) is 0 Å². The van der Waals surface area contributed by atoms with Crippen molar-refractivity contribution in [3.63, 3.8) is 0 Å². The summed E-state index contributed by atoms with van der Waals surface area (Å²) < 4.78 is 11.7. The third kappa shape index (κ3) is 3.14. The van der Waals surface area contributed by atoms with Crippen LogP contribution in [0.5, 0.6) is 11.5 Å². The Bertz CT molecular complexity index is 825. The number of carbonyl (C=O) groups excluding carboxylic acids is 1. The summed E-state index contributed by atoms with van der Waals surface area (Å²) in [6, 6.07) is 11.5. The SMILES string of the molecule is CC[C@@H](C)N1C(=O)c2ccccc2N[C@H]1c1cc(OC)c(OC)cc1Br. The monoisotopic (exact) mass is 418 g/mol. The predicted molar refractivity (Wildman–Crippen MR) is 106 cm³/mol. The molecule has 0 spiro atoms. The molecule has 1 amide bonds. The highest BCUT2D eigenvalue weighted by Gasteiger charge is 2.36. The lowest BCUT2D eigenvalue weighted by Gasteiger charge is -2.42. The number of anilines is 1. The van der Waals surface area contributed by atoms with Gasteiger partial charge in [0, 0.05) is 21.8 Å². The van der Waals surface area contributed by atoms with Gasteiger partial charge in [0.05, 0.1) is 19.8 Å². The molecule has 2 atom stereocenters. The van der Waals surface area contributed by atoms with Crippen LogP contribution in [0.4, 0.5) is 5.69 Å². The van der Waals surface area contributed by atoms with Gasteiger partial charge in [0.25, 0.3) is 5.91 Å². The molecule has 0 radical (unpaired) electrons. The molecule has 2 aromatic carbocycles. The summed E-state index contributed by atoms with van der Waals surface area (Å²) in [6.45, 7) is 4.15. The van der Waals surface area contributed by atoms with Crippen LogP contribution >= 0.6 is 15.9 Å². The normalized spacial score (nSPS) is 17.3. The molecule has 0 aromatic heterocycles. The van der Waals surface area contributed by atoms with Crippen LogP contribution in [-0.2, 0) is 0 Å². The van der Waals surface area contributed by atoms with Crippen LogP contribution in [0.15, 0.2) is 40.9 Å². The number of para-hydroxylation sites is 1. The topological polar surface area (TPSA) is 50.8 Å². The maximum Gasteiger partial charge on any atom is 0.258 e. The van der Waals surface area contributed by atoms with Gasteiger partial charge < -0.3 is 19.7 Å². The second-order valence-electron chi connectivity index (χ2n) is 6.29. The largest absolute Gasteiger partial charge is 0.493 e. The number of rotatable bonds is 5. The Balaban J connectivity index is 2.14. The third-order valence-electron chi connectivity index (χ3n) is 4.83. The lowest BCUT2D eigenvalue weighted by molar-refractivity contribution is 0.0592. The number of methoxy groups -OCH3 is 2. The van der Waals surface area contributed by atoms with Crippen molar-refractivity contribution < 1.29 is 14.3 Å². The average Bonchev–Trinajstić information content (AvgIpc) is 2.67. The number of halogens is 1. The fourth-order valence-electron chi connectivity index (χ4n) is 3.23. The number of hydrogen-bond acceptors (Lipinski definition) is 4. The molecule has 138 valence electrons. The molecule has 1 aliphatic heterocycles. The molecule has 1 N–H and O–H groups in total. The van der Waals surface area contributed by atoms with Gasteiger partial charge in [-0.2, -0.15) is 0 Å². The fraction of sp³-hybridized carbons (Fsp3) is 0.350. The molecule has 0 unspecified atom stereocenters. The highest BCUT2D eigenvalue weighted by atomic mass is 79.9. The van der Waals surface area contributed by atoms with E-state index in [0.29, 0.717) is 17.1 Å². The number of nitrogens with one attached hydrogen (secondary N) is 1. The number of hydrogen-bond donors (Lipinski definition) is 1. The van der Waals surface area contributed by atoms with Crippen molar-refractivity contribution in [3.05, 3.63) is 52.0 Å². The first-order valence-corrected chi connectivity index (χ1v) is 9.40. The van der Waals surface area contributed by atoms with E-state index in [2.05, 4.69) is 35.1 Å². The molecule has 2 aromatic rings. The maximum absolute atomic E-state index is 13.2. The molecule has 6 heteroatoms. The van der Waals surface area contributed by atoms with E-state index in [-0.39, 0.29) is 18.1 Å². The third-order valence-corrected chi connectivity index (χ3v) is 5.51. The van der Waals surface area contributed by atoms with E-state index in [1.807, 2.05) is 41.3 Å². The van der Waals surface area contributed by atoms with Gasteiger partial charge in [-0.3, -0.25) is 4.79 Å². The van der Waals surface area contributed by atoms with Gasteiger partial charge in [0.2, 0.25) is 0 Å². The summed E-state index contributed by atoms with van der Waals surface area (Å²) in [6.07, 6.45) is 0.554. The molecule has 3 rings (SSSR count).